The minimum atomic E-state index is -0.331. The largest absolute Gasteiger partial charge is 0.459 e. The number of aromatic nitrogens is 3. The number of nitrogens with one attached hydrogen (secondary N) is 1. The molecule has 8 nitrogen and oxygen atoms in total. The van der Waals surface area contributed by atoms with Gasteiger partial charge in [0.2, 0.25) is 5.91 Å². The number of para-hydroxylation sites is 1. The van der Waals surface area contributed by atoms with Crippen LogP contribution in [-0.4, -0.2) is 38.9 Å². The highest BCUT2D eigenvalue weighted by Crippen LogP contribution is 2.30. The smallest absolute Gasteiger partial charge is 0.287 e. The van der Waals surface area contributed by atoms with E-state index < -0.39 is 0 Å². The van der Waals surface area contributed by atoms with Crippen molar-refractivity contribution in [3.8, 4) is 5.69 Å². The molecule has 0 saturated heterocycles. The monoisotopic (exact) mass is 487 g/mol. The molecule has 178 valence electrons. The molecule has 0 radical (unpaired) electrons. The van der Waals surface area contributed by atoms with Crippen LogP contribution < -0.4 is 10.2 Å². The molecule has 0 aliphatic carbocycles. The summed E-state index contributed by atoms with van der Waals surface area (Å²) in [4.78, 5) is 27.3. The van der Waals surface area contributed by atoms with Crippen molar-refractivity contribution in [1.29, 1.82) is 0 Å². The topological polar surface area (TPSA) is 93.3 Å². The third-order valence-corrected chi connectivity index (χ3v) is 7.10. The second-order valence-corrected chi connectivity index (χ2v) is 9.27. The summed E-state index contributed by atoms with van der Waals surface area (Å²) in [5, 5.41) is 12.2. The number of aryl methyl sites for hydroxylation is 1. The molecule has 0 fully saturated rings. The molecular formula is C26H25N5O3S. The maximum Gasteiger partial charge on any atom is 0.287 e. The number of benzene rings is 2. The number of furan rings is 1. The van der Waals surface area contributed by atoms with E-state index in [1.54, 1.807) is 12.1 Å². The summed E-state index contributed by atoms with van der Waals surface area (Å²) in [6.45, 7) is 4.93. The number of fused-ring (bicyclic) bond motifs is 1. The SMILES string of the molecule is Cc1cccc(-n2c(CNC(=O)c3ccco3)nnc2SCC(=O)N2CCc3ccccc32)c1C. The maximum atomic E-state index is 13.1. The Morgan fingerprint density at radius 2 is 1.86 bits per heavy atom. The molecule has 2 aromatic heterocycles. The second kappa shape index (κ2) is 9.79. The predicted octanol–water partition coefficient (Wildman–Crippen LogP) is 4.09. The Morgan fingerprint density at radius 3 is 2.69 bits per heavy atom. The van der Waals surface area contributed by atoms with E-state index in [4.69, 9.17) is 4.42 Å². The molecule has 0 atom stereocenters. The summed E-state index contributed by atoms with van der Waals surface area (Å²) in [5.74, 6) is 0.732. The van der Waals surface area contributed by atoms with E-state index in [0.717, 1.165) is 28.9 Å². The quantitative estimate of drug-likeness (QED) is 0.395. The number of amides is 2. The molecule has 3 heterocycles. The van der Waals surface area contributed by atoms with Crippen molar-refractivity contribution in [1.82, 2.24) is 20.1 Å². The normalized spacial score (nSPS) is 12.6. The van der Waals surface area contributed by atoms with Crippen LogP contribution in [0.15, 0.2) is 70.4 Å². The molecule has 1 N–H and O–H groups in total. The molecule has 1 aliphatic heterocycles. The van der Waals surface area contributed by atoms with Gasteiger partial charge in [-0.2, -0.15) is 0 Å². The Balaban J connectivity index is 1.38. The van der Waals surface area contributed by atoms with Crippen LogP contribution in [0.1, 0.15) is 33.1 Å². The Hall–Kier alpha value is -3.85. The van der Waals surface area contributed by atoms with Crippen LogP contribution in [0.3, 0.4) is 0 Å². The van der Waals surface area contributed by atoms with Crippen LogP contribution in [0, 0.1) is 13.8 Å². The highest BCUT2D eigenvalue weighted by Gasteiger charge is 2.25. The van der Waals surface area contributed by atoms with Crippen molar-refractivity contribution in [2.45, 2.75) is 32.0 Å². The molecule has 0 bridgehead atoms. The fraction of sp³-hybridized carbons (Fsp3) is 0.231. The van der Waals surface area contributed by atoms with E-state index in [2.05, 4.69) is 21.6 Å². The number of hydrogen-bond acceptors (Lipinski definition) is 6. The molecule has 9 heteroatoms. The van der Waals surface area contributed by atoms with E-state index in [9.17, 15) is 9.59 Å². The van der Waals surface area contributed by atoms with Crippen molar-refractivity contribution < 1.29 is 14.0 Å². The zero-order valence-electron chi connectivity index (χ0n) is 19.5. The van der Waals surface area contributed by atoms with E-state index in [1.807, 2.05) is 59.7 Å². The fourth-order valence-corrected chi connectivity index (χ4v) is 5.02. The van der Waals surface area contributed by atoms with E-state index in [-0.39, 0.29) is 29.9 Å². The van der Waals surface area contributed by atoms with Gasteiger partial charge in [-0.15, -0.1) is 10.2 Å². The van der Waals surface area contributed by atoms with Gasteiger partial charge in [-0.1, -0.05) is 42.1 Å². The average Bonchev–Trinajstić information content (AvgIpc) is 3.62. The van der Waals surface area contributed by atoms with Crippen molar-refractivity contribution in [2.75, 3.05) is 17.2 Å². The van der Waals surface area contributed by atoms with Gasteiger partial charge in [0.1, 0.15) is 0 Å². The van der Waals surface area contributed by atoms with E-state index in [0.29, 0.717) is 17.5 Å². The lowest BCUT2D eigenvalue weighted by Gasteiger charge is -2.18. The lowest BCUT2D eigenvalue weighted by atomic mass is 10.1. The second-order valence-electron chi connectivity index (χ2n) is 8.33. The minimum Gasteiger partial charge on any atom is -0.459 e. The number of rotatable bonds is 7. The molecule has 4 aromatic rings. The summed E-state index contributed by atoms with van der Waals surface area (Å²) in [6, 6.07) is 17.3. The highest BCUT2D eigenvalue weighted by molar-refractivity contribution is 7.99. The number of carbonyl (C=O) groups is 2. The van der Waals surface area contributed by atoms with Crippen LogP contribution in [0.5, 0.6) is 0 Å². The van der Waals surface area contributed by atoms with Crippen LogP contribution in [0.4, 0.5) is 5.69 Å². The molecule has 0 saturated carbocycles. The number of nitrogens with zero attached hydrogens (tertiary/aromatic N) is 4. The molecular weight excluding hydrogens is 462 g/mol. The molecule has 2 amide bonds. The Morgan fingerprint density at radius 1 is 1.03 bits per heavy atom. The summed E-state index contributed by atoms with van der Waals surface area (Å²) in [5.41, 5.74) is 5.29. The Labute approximate surface area is 207 Å². The summed E-state index contributed by atoms with van der Waals surface area (Å²) >= 11 is 1.35. The van der Waals surface area contributed by atoms with Crippen molar-refractivity contribution in [2.24, 2.45) is 0 Å². The molecule has 2 aromatic carbocycles. The molecule has 5 rings (SSSR count). The van der Waals surface area contributed by atoms with Crippen molar-refractivity contribution >= 4 is 29.3 Å². The summed E-state index contributed by atoms with van der Waals surface area (Å²) < 4.78 is 7.09. The number of thioether (sulfide) groups is 1. The van der Waals surface area contributed by atoms with Gasteiger partial charge in [0, 0.05) is 12.2 Å². The van der Waals surface area contributed by atoms with Gasteiger partial charge in [-0.05, 0) is 61.2 Å². The molecule has 0 unspecified atom stereocenters. The molecule has 1 aliphatic rings. The first-order valence-corrected chi connectivity index (χ1v) is 12.3. The van der Waals surface area contributed by atoms with Gasteiger partial charge in [-0.25, -0.2) is 0 Å². The zero-order chi connectivity index (χ0) is 24.4. The Bertz CT molecular complexity index is 1380. The maximum absolute atomic E-state index is 13.1. The predicted molar refractivity (Wildman–Crippen MR) is 134 cm³/mol. The zero-order valence-corrected chi connectivity index (χ0v) is 20.3. The highest BCUT2D eigenvalue weighted by atomic mass is 32.2. The van der Waals surface area contributed by atoms with Gasteiger partial charge in [0.05, 0.1) is 24.2 Å². The first-order chi connectivity index (χ1) is 17.0. The van der Waals surface area contributed by atoms with Gasteiger partial charge in [0.15, 0.2) is 16.7 Å². The Kier molecular flexibility index (Phi) is 6.41. The molecule has 0 spiro atoms. The van der Waals surface area contributed by atoms with Gasteiger partial charge >= 0.3 is 0 Å². The number of carbonyl (C=O) groups excluding carboxylic acids is 2. The minimum absolute atomic E-state index is 0.0307. The first-order valence-electron chi connectivity index (χ1n) is 11.4. The van der Waals surface area contributed by atoms with Crippen LogP contribution in [-0.2, 0) is 17.8 Å². The van der Waals surface area contributed by atoms with Crippen LogP contribution in [0.25, 0.3) is 5.69 Å². The molecule has 35 heavy (non-hydrogen) atoms. The summed E-state index contributed by atoms with van der Waals surface area (Å²) in [6.07, 6.45) is 2.32. The standard InChI is InChI=1S/C26H25N5O3S/c1-17-7-5-10-20(18(17)2)31-23(15-27-25(33)22-11-6-14-34-22)28-29-26(31)35-16-24(32)30-13-12-19-8-3-4-9-21(19)30/h3-11,14H,12-13,15-16H2,1-2H3,(H,27,33). The van der Waals surface area contributed by atoms with Gasteiger partial charge in [-0.3, -0.25) is 14.2 Å². The first kappa shape index (κ1) is 22.9. The lowest BCUT2D eigenvalue weighted by Crippen LogP contribution is -2.30. The number of anilines is 1. The van der Waals surface area contributed by atoms with Crippen molar-refractivity contribution in [3.63, 3.8) is 0 Å². The average molecular weight is 488 g/mol. The lowest BCUT2D eigenvalue weighted by molar-refractivity contribution is -0.116. The third-order valence-electron chi connectivity index (χ3n) is 6.18. The van der Waals surface area contributed by atoms with Gasteiger partial charge in [0.25, 0.3) is 5.91 Å². The summed E-state index contributed by atoms with van der Waals surface area (Å²) in [7, 11) is 0. The van der Waals surface area contributed by atoms with E-state index >= 15 is 0 Å². The fourth-order valence-electron chi connectivity index (χ4n) is 4.18. The van der Waals surface area contributed by atoms with E-state index in [1.165, 1.54) is 23.6 Å². The van der Waals surface area contributed by atoms with Crippen LogP contribution >= 0.6 is 11.8 Å². The third kappa shape index (κ3) is 4.59. The van der Waals surface area contributed by atoms with Gasteiger partial charge < -0.3 is 14.6 Å². The van der Waals surface area contributed by atoms with Crippen LogP contribution in [0.2, 0.25) is 0 Å². The van der Waals surface area contributed by atoms with Crippen molar-refractivity contribution in [3.05, 3.63) is 89.1 Å². The number of hydrogen-bond donors (Lipinski definition) is 1.